The number of amides is 1. The lowest BCUT2D eigenvalue weighted by molar-refractivity contribution is -0.134. The quantitative estimate of drug-likeness (QED) is 0.763. The average molecular weight is 292 g/mol. The van der Waals surface area contributed by atoms with Gasteiger partial charge in [-0.05, 0) is 49.1 Å². The van der Waals surface area contributed by atoms with Gasteiger partial charge in [-0.2, -0.15) is 0 Å². The molecule has 1 aliphatic carbocycles. The van der Waals surface area contributed by atoms with Gasteiger partial charge in [0.1, 0.15) is 0 Å². The Kier molecular flexibility index (Phi) is 4.30. The lowest BCUT2D eigenvalue weighted by atomic mass is 9.81. The van der Waals surface area contributed by atoms with E-state index in [-0.39, 0.29) is 5.92 Å². The van der Waals surface area contributed by atoms with Gasteiger partial charge in [-0.1, -0.05) is 24.3 Å². The SMILES string of the molecule is O=C(C1CCCc2ccccc21)N1CCCC(CCl)C1. The summed E-state index contributed by atoms with van der Waals surface area (Å²) in [4.78, 5) is 14.9. The van der Waals surface area contributed by atoms with Crippen LogP contribution < -0.4 is 0 Å². The maximum Gasteiger partial charge on any atom is 0.230 e. The molecule has 3 rings (SSSR count). The maximum absolute atomic E-state index is 12.9. The highest BCUT2D eigenvalue weighted by Gasteiger charge is 2.32. The Morgan fingerprint density at radius 1 is 1.25 bits per heavy atom. The average Bonchev–Trinajstić information content (AvgIpc) is 2.53. The summed E-state index contributed by atoms with van der Waals surface area (Å²) in [6.45, 7) is 1.76. The van der Waals surface area contributed by atoms with Gasteiger partial charge in [0.05, 0.1) is 5.92 Å². The van der Waals surface area contributed by atoms with Gasteiger partial charge in [0.15, 0.2) is 0 Å². The molecule has 1 aromatic rings. The third kappa shape index (κ3) is 2.71. The van der Waals surface area contributed by atoms with Crippen molar-refractivity contribution in [3.63, 3.8) is 0 Å². The third-order valence-corrected chi connectivity index (χ3v) is 5.15. The van der Waals surface area contributed by atoms with Crippen molar-refractivity contribution in [3.05, 3.63) is 35.4 Å². The lowest BCUT2D eigenvalue weighted by Crippen LogP contribution is -2.43. The normalized spacial score (nSPS) is 26.1. The van der Waals surface area contributed by atoms with Crippen LogP contribution in [-0.2, 0) is 11.2 Å². The standard InChI is InChI=1S/C17H22ClNO/c18-11-13-5-4-10-19(12-13)17(20)16-9-3-7-14-6-1-2-8-15(14)16/h1-2,6,8,13,16H,3-5,7,9-12H2. The predicted molar refractivity (Wildman–Crippen MR) is 82.1 cm³/mol. The second-order valence-corrected chi connectivity index (χ2v) is 6.40. The number of aryl methyl sites for hydroxylation is 1. The number of rotatable bonds is 2. The Morgan fingerprint density at radius 3 is 2.95 bits per heavy atom. The fraction of sp³-hybridized carbons (Fsp3) is 0.588. The number of likely N-dealkylation sites (tertiary alicyclic amines) is 1. The zero-order valence-corrected chi connectivity index (χ0v) is 12.6. The molecule has 3 heteroatoms. The number of hydrogen-bond donors (Lipinski definition) is 0. The van der Waals surface area contributed by atoms with Crippen LogP contribution in [0.3, 0.4) is 0 Å². The highest BCUT2D eigenvalue weighted by atomic mass is 35.5. The van der Waals surface area contributed by atoms with E-state index in [0.717, 1.165) is 45.2 Å². The van der Waals surface area contributed by atoms with Crippen LogP contribution in [0.4, 0.5) is 0 Å². The van der Waals surface area contributed by atoms with Gasteiger partial charge in [-0.15, -0.1) is 11.6 Å². The molecule has 2 nitrogen and oxygen atoms in total. The van der Waals surface area contributed by atoms with Crippen molar-refractivity contribution >= 4 is 17.5 Å². The van der Waals surface area contributed by atoms with Crippen LogP contribution >= 0.6 is 11.6 Å². The fourth-order valence-corrected chi connectivity index (χ4v) is 3.87. The number of nitrogens with zero attached hydrogens (tertiary/aromatic N) is 1. The predicted octanol–water partition coefficient (Wildman–Crippen LogP) is 3.58. The Bertz CT molecular complexity index is 488. The summed E-state index contributed by atoms with van der Waals surface area (Å²) in [5, 5.41) is 0. The van der Waals surface area contributed by atoms with Crippen LogP contribution in [0.2, 0.25) is 0 Å². The van der Waals surface area contributed by atoms with E-state index in [2.05, 4.69) is 29.2 Å². The van der Waals surface area contributed by atoms with E-state index in [1.807, 2.05) is 0 Å². The maximum atomic E-state index is 12.9. The van der Waals surface area contributed by atoms with Gasteiger partial charge in [0.2, 0.25) is 5.91 Å². The molecule has 0 radical (unpaired) electrons. The molecule has 0 aromatic heterocycles. The minimum Gasteiger partial charge on any atom is -0.342 e. The van der Waals surface area contributed by atoms with Crippen LogP contribution in [0, 0.1) is 5.92 Å². The second-order valence-electron chi connectivity index (χ2n) is 6.09. The number of hydrogen-bond acceptors (Lipinski definition) is 1. The molecule has 1 heterocycles. The van der Waals surface area contributed by atoms with Crippen molar-refractivity contribution in [1.82, 2.24) is 4.90 Å². The summed E-state index contributed by atoms with van der Waals surface area (Å²) >= 11 is 5.98. The second kappa shape index (κ2) is 6.17. The summed E-state index contributed by atoms with van der Waals surface area (Å²) in [5.41, 5.74) is 2.62. The molecular formula is C17H22ClNO. The van der Waals surface area contributed by atoms with Gasteiger partial charge in [0, 0.05) is 19.0 Å². The van der Waals surface area contributed by atoms with Crippen LogP contribution in [0.5, 0.6) is 0 Å². The number of carbonyl (C=O) groups excluding carboxylic acids is 1. The first-order chi connectivity index (χ1) is 9.79. The first-order valence-electron chi connectivity index (χ1n) is 7.72. The van der Waals surface area contributed by atoms with E-state index >= 15 is 0 Å². The Balaban J connectivity index is 1.78. The van der Waals surface area contributed by atoms with E-state index in [9.17, 15) is 4.79 Å². The number of benzene rings is 1. The van der Waals surface area contributed by atoms with Gasteiger partial charge in [-0.25, -0.2) is 0 Å². The van der Waals surface area contributed by atoms with E-state index < -0.39 is 0 Å². The van der Waals surface area contributed by atoms with E-state index in [1.165, 1.54) is 11.1 Å². The molecule has 1 aromatic carbocycles. The lowest BCUT2D eigenvalue weighted by Gasteiger charge is -2.36. The van der Waals surface area contributed by atoms with Crippen molar-refractivity contribution in [2.45, 2.75) is 38.0 Å². The highest BCUT2D eigenvalue weighted by molar-refractivity contribution is 6.18. The molecular weight excluding hydrogens is 270 g/mol. The molecule has 2 atom stereocenters. The van der Waals surface area contributed by atoms with Crippen LogP contribution in [-0.4, -0.2) is 29.8 Å². The molecule has 1 saturated heterocycles. The highest BCUT2D eigenvalue weighted by Crippen LogP contribution is 2.34. The van der Waals surface area contributed by atoms with E-state index in [1.54, 1.807) is 0 Å². The molecule has 0 saturated carbocycles. The monoisotopic (exact) mass is 291 g/mol. The smallest absolute Gasteiger partial charge is 0.230 e. The Labute approximate surface area is 126 Å². The van der Waals surface area contributed by atoms with E-state index in [4.69, 9.17) is 11.6 Å². The molecule has 1 amide bonds. The van der Waals surface area contributed by atoms with Gasteiger partial charge < -0.3 is 4.90 Å². The molecule has 2 unspecified atom stereocenters. The van der Waals surface area contributed by atoms with Crippen molar-refractivity contribution < 1.29 is 4.79 Å². The van der Waals surface area contributed by atoms with Gasteiger partial charge >= 0.3 is 0 Å². The number of fused-ring (bicyclic) bond motifs is 1. The van der Waals surface area contributed by atoms with Crippen molar-refractivity contribution in [2.75, 3.05) is 19.0 Å². The summed E-state index contributed by atoms with van der Waals surface area (Å²) in [6, 6.07) is 8.45. The minimum atomic E-state index is 0.0778. The number of halogens is 1. The molecule has 0 bridgehead atoms. The molecule has 0 N–H and O–H groups in total. The number of alkyl halides is 1. The molecule has 0 spiro atoms. The number of carbonyl (C=O) groups is 1. The largest absolute Gasteiger partial charge is 0.342 e. The summed E-state index contributed by atoms with van der Waals surface area (Å²) < 4.78 is 0. The zero-order valence-electron chi connectivity index (χ0n) is 11.9. The summed E-state index contributed by atoms with van der Waals surface area (Å²) in [7, 11) is 0. The van der Waals surface area contributed by atoms with Crippen molar-refractivity contribution in [3.8, 4) is 0 Å². The Hall–Kier alpha value is -1.02. The Morgan fingerprint density at radius 2 is 2.10 bits per heavy atom. The first-order valence-corrected chi connectivity index (χ1v) is 8.25. The van der Waals surface area contributed by atoms with Gasteiger partial charge in [0.25, 0.3) is 0 Å². The summed E-state index contributed by atoms with van der Waals surface area (Å²) in [5.74, 6) is 1.56. The zero-order chi connectivity index (χ0) is 13.9. The van der Waals surface area contributed by atoms with Crippen LogP contribution in [0.25, 0.3) is 0 Å². The minimum absolute atomic E-state index is 0.0778. The molecule has 108 valence electrons. The molecule has 20 heavy (non-hydrogen) atoms. The van der Waals surface area contributed by atoms with Crippen molar-refractivity contribution in [1.29, 1.82) is 0 Å². The van der Waals surface area contributed by atoms with E-state index in [0.29, 0.717) is 17.7 Å². The fourth-order valence-electron chi connectivity index (χ4n) is 3.62. The summed E-state index contributed by atoms with van der Waals surface area (Å²) in [6.07, 6.45) is 5.49. The van der Waals surface area contributed by atoms with Gasteiger partial charge in [-0.3, -0.25) is 4.79 Å². The van der Waals surface area contributed by atoms with Crippen LogP contribution in [0.15, 0.2) is 24.3 Å². The van der Waals surface area contributed by atoms with Crippen LogP contribution in [0.1, 0.15) is 42.7 Å². The molecule has 1 fully saturated rings. The first kappa shape index (κ1) is 13.9. The molecule has 2 aliphatic rings. The topological polar surface area (TPSA) is 20.3 Å². The third-order valence-electron chi connectivity index (χ3n) is 4.72. The van der Waals surface area contributed by atoms with Crippen molar-refractivity contribution in [2.24, 2.45) is 5.92 Å². The number of piperidine rings is 1. The molecule has 1 aliphatic heterocycles.